The van der Waals surface area contributed by atoms with E-state index in [4.69, 9.17) is 11.0 Å². The van der Waals surface area contributed by atoms with Gasteiger partial charge in [-0.25, -0.2) is 0 Å². The summed E-state index contributed by atoms with van der Waals surface area (Å²) < 4.78 is 1.85. The van der Waals surface area contributed by atoms with E-state index < -0.39 is 0 Å². The van der Waals surface area contributed by atoms with E-state index in [0.717, 1.165) is 16.5 Å². The van der Waals surface area contributed by atoms with Crippen LogP contribution in [0, 0.1) is 11.3 Å². The fourth-order valence-electron chi connectivity index (χ4n) is 1.97. The number of carbonyl (C=O) groups is 1. The van der Waals surface area contributed by atoms with Gasteiger partial charge in [0.2, 0.25) is 5.91 Å². The number of nitriles is 1. The largest absolute Gasteiger partial charge is 0.341 e. The molecule has 0 atom stereocenters. The van der Waals surface area contributed by atoms with Crippen LogP contribution in [0.25, 0.3) is 10.9 Å². The first-order chi connectivity index (χ1) is 8.76. The maximum atomic E-state index is 11.6. The molecule has 3 N–H and O–H groups in total. The summed E-state index contributed by atoms with van der Waals surface area (Å²) in [7, 11) is 0. The minimum Gasteiger partial charge on any atom is -0.341 e. The molecular formula is C13H14N4O. The van der Waals surface area contributed by atoms with E-state index >= 15 is 0 Å². The van der Waals surface area contributed by atoms with Crippen LogP contribution < -0.4 is 11.1 Å². The van der Waals surface area contributed by atoms with Crippen molar-refractivity contribution in [2.45, 2.75) is 13.1 Å². The second-order valence-electron chi connectivity index (χ2n) is 3.94. The Morgan fingerprint density at radius 2 is 2.22 bits per heavy atom. The van der Waals surface area contributed by atoms with E-state index in [2.05, 4.69) is 5.32 Å². The molecule has 5 heteroatoms. The quantitative estimate of drug-likeness (QED) is 0.775. The third-order valence-corrected chi connectivity index (χ3v) is 2.77. The lowest BCUT2D eigenvalue weighted by Gasteiger charge is -2.04. The van der Waals surface area contributed by atoms with Crippen molar-refractivity contribution in [1.29, 1.82) is 5.26 Å². The zero-order chi connectivity index (χ0) is 13.0. The molecule has 0 unspecified atom stereocenters. The summed E-state index contributed by atoms with van der Waals surface area (Å²) in [5.74, 6) is -0.180. The highest BCUT2D eigenvalue weighted by Gasteiger charge is 2.09. The molecule has 0 bridgehead atoms. The first kappa shape index (κ1) is 12.1. The lowest BCUT2D eigenvalue weighted by molar-refractivity contribution is -0.121. The normalized spacial score (nSPS) is 10.2. The molecule has 0 saturated heterocycles. The molecule has 92 valence electrons. The van der Waals surface area contributed by atoms with Gasteiger partial charge >= 0.3 is 0 Å². The van der Waals surface area contributed by atoms with E-state index in [1.165, 1.54) is 0 Å². The topological polar surface area (TPSA) is 83.8 Å². The smallest absolute Gasteiger partial charge is 0.240 e. The Balaban J connectivity index is 2.28. The number of para-hydroxylation sites is 1. The number of hydrogen-bond donors (Lipinski definition) is 2. The van der Waals surface area contributed by atoms with Crippen molar-refractivity contribution < 1.29 is 4.79 Å². The molecular weight excluding hydrogens is 228 g/mol. The Morgan fingerprint density at radius 1 is 1.44 bits per heavy atom. The van der Waals surface area contributed by atoms with Gasteiger partial charge in [-0.15, -0.1) is 0 Å². The molecule has 2 rings (SSSR count). The molecule has 0 fully saturated rings. The number of nitrogens with two attached hydrogens (primary N) is 1. The minimum atomic E-state index is -0.180. The Morgan fingerprint density at radius 3 is 2.94 bits per heavy atom. The van der Waals surface area contributed by atoms with Crippen molar-refractivity contribution in [2.24, 2.45) is 5.73 Å². The third-order valence-electron chi connectivity index (χ3n) is 2.77. The van der Waals surface area contributed by atoms with Crippen LogP contribution in [0.5, 0.6) is 0 Å². The molecule has 5 nitrogen and oxygen atoms in total. The number of nitrogens with one attached hydrogen (secondary N) is 1. The van der Waals surface area contributed by atoms with Crippen LogP contribution in [0.1, 0.15) is 5.56 Å². The molecule has 0 aliphatic carbocycles. The molecule has 0 spiro atoms. The fraction of sp³-hybridized carbons (Fsp3) is 0.231. The number of carbonyl (C=O) groups excluding carboxylic acids is 1. The number of fused-ring (bicyclic) bond motifs is 1. The maximum Gasteiger partial charge on any atom is 0.240 e. The Labute approximate surface area is 105 Å². The Kier molecular flexibility index (Phi) is 3.60. The Hall–Kier alpha value is -2.32. The zero-order valence-corrected chi connectivity index (χ0v) is 9.89. The van der Waals surface area contributed by atoms with Crippen LogP contribution in [0.2, 0.25) is 0 Å². The van der Waals surface area contributed by atoms with E-state index in [0.29, 0.717) is 6.54 Å². The van der Waals surface area contributed by atoms with E-state index in [1.54, 1.807) is 0 Å². The van der Waals surface area contributed by atoms with E-state index in [9.17, 15) is 4.79 Å². The van der Waals surface area contributed by atoms with Crippen LogP contribution in [0.3, 0.4) is 0 Å². The number of nitrogens with zero attached hydrogens (tertiary/aromatic N) is 2. The first-order valence-corrected chi connectivity index (χ1v) is 5.66. The first-order valence-electron chi connectivity index (χ1n) is 5.66. The Bertz CT molecular complexity index is 609. The van der Waals surface area contributed by atoms with Crippen molar-refractivity contribution >= 4 is 16.8 Å². The standard InChI is InChI=1S/C13H14N4O/c14-5-6-16-13(18)9-17-8-10(7-15)11-3-1-2-4-12(11)17/h1-4,8H,6-7,9,15H2,(H,16,18). The fourth-order valence-corrected chi connectivity index (χ4v) is 1.97. The molecule has 1 heterocycles. The van der Waals surface area contributed by atoms with Crippen LogP contribution in [0.4, 0.5) is 0 Å². The monoisotopic (exact) mass is 242 g/mol. The van der Waals surface area contributed by atoms with Crippen molar-refractivity contribution in [1.82, 2.24) is 9.88 Å². The summed E-state index contributed by atoms with van der Waals surface area (Å²) in [6, 6.07) is 9.68. The molecule has 0 radical (unpaired) electrons. The number of aromatic nitrogens is 1. The molecule has 1 amide bonds. The highest BCUT2D eigenvalue weighted by molar-refractivity contribution is 5.86. The number of hydrogen-bond acceptors (Lipinski definition) is 3. The zero-order valence-electron chi connectivity index (χ0n) is 9.89. The van der Waals surface area contributed by atoms with Crippen molar-refractivity contribution in [2.75, 3.05) is 6.54 Å². The SMILES string of the molecule is N#CCNC(=O)Cn1cc(CN)c2ccccc21. The van der Waals surface area contributed by atoms with Crippen molar-refractivity contribution in [3.05, 3.63) is 36.0 Å². The molecule has 0 aliphatic rings. The lowest BCUT2D eigenvalue weighted by Crippen LogP contribution is -2.27. The molecule has 18 heavy (non-hydrogen) atoms. The molecule has 2 aromatic rings. The molecule has 0 saturated carbocycles. The van der Waals surface area contributed by atoms with Gasteiger partial charge in [0.25, 0.3) is 0 Å². The van der Waals surface area contributed by atoms with Gasteiger partial charge in [-0.05, 0) is 11.6 Å². The summed E-state index contributed by atoms with van der Waals surface area (Å²) in [6.07, 6.45) is 1.89. The van der Waals surface area contributed by atoms with E-state index in [-0.39, 0.29) is 19.0 Å². The molecule has 0 aliphatic heterocycles. The average Bonchev–Trinajstić information content (AvgIpc) is 2.75. The number of rotatable bonds is 4. The second-order valence-corrected chi connectivity index (χ2v) is 3.94. The van der Waals surface area contributed by atoms with Crippen LogP contribution >= 0.6 is 0 Å². The summed E-state index contributed by atoms with van der Waals surface area (Å²) in [4.78, 5) is 11.6. The van der Waals surface area contributed by atoms with Gasteiger partial charge in [-0.2, -0.15) is 5.26 Å². The van der Waals surface area contributed by atoms with Gasteiger partial charge in [0.05, 0.1) is 6.07 Å². The number of benzene rings is 1. The third kappa shape index (κ3) is 2.34. The second kappa shape index (κ2) is 5.34. The van der Waals surface area contributed by atoms with Crippen molar-refractivity contribution in [3.8, 4) is 6.07 Å². The van der Waals surface area contributed by atoms with Crippen LogP contribution in [0.15, 0.2) is 30.5 Å². The summed E-state index contributed by atoms with van der Waals surface area (Å²) in [6.45, 7) is 0.664. The predicted molar refractivity (Wildman–Crippen MR) is 68.5 cm³/mol. The van der Waals surface area contributed by atoms with Gasteiger partial charge in [-0.1, -0.05) is 18.2 Å². The molecule has 1 aromatic carbocycles. The van der Waals surface area contributed by atoms with Gasteiger partial charge in [0.1, 0.15) is 13.1 Å². The van der Waals surface area contributed by atoms with Gasteiger partial charge in [-0.3, -0.25) is 4.79 Å². The molecule has 1 aromatic heterocycles. The predicted octanol–water partition coefficient (Wildman–Crippen LogP) is 0.740. The van der Waals surface area contributed by atoms with Gasteiger partial charge in [0.15, 0.2) is 0 Å². The highest BCUT2D eigenvalue weighted by Crippen LogP contribution is 2.20. The minimum absolute atomic E-state index is 0.0295. The number of amides is 1. The van der Waals surface area contributed by atoms with Crippen LogP contribution in [-0.2, 0) is 17.9 Å². The van der Waals surface area contributed by atoms with Crippen LogP contribution in [-0.4, -0.2) is 17.0 Å². The lowest BCUT2D eigenvalue weighted by atomic mass is 10.2. The highest BCUT2D eigenvalue weighted by atomic mass is 16.1. The van der Waals surface area contributed by atoms with Gasteiger partial charge < -0.3 is 15.6 Å². The summed E-state index contributed by atoms with van der Waals surface area (Å²) in [5, 5.41) is 12.0. The average molecular weight is 242 g/mol. The summed E-state index contributed by atoms with van der Waals surface area (Å²) >= 11 is 0. The van der Waals surface area contributed by atoms with Gasteiger partial charge in [0, 0.05) is 23.6 Å². The maximum absolute atomic E-state index is 11.6. The van der Waals surface area contributed by atoms with E-state index in [1.807, 2.05) is 41.1 Å². The summed E-state index contributed by atoms with van der Waals surface area (Å²) in [5.41, 5.74) is 7.67. The van der Waals surface area contributed by atoms with Crippen molar-refractivity contribution in [3.63, 3.8) is 0 Å².